The number of nitrogens with one attached hydrogen (secondary N) is 1. The Morgan fingerprint density at radius 2 is 2.00 bits per heavy atom. The van der Waals surface area contributed by atoms with Crippen LogP contribution < -0.4 is 5.32 Å². The predicted octanol–water partition coefficient (Wildman–Crippen LogP) is 2.84. The maximum atomic E-state index is 13.5. The Kier molecular flexibility index (Phi) is 4.27. The van der Waals surface area contributed by atoms with Crippen LogP contribution in [0.2, 0.25) is 0 Å². The largest absolute Gasteiger partial charge is 0.392 e. The summed E-state index contributed by atoms with van der Waals surface area (Å²) >= 11 is 0. The average molecular weight is 276 g/mol. The first-order valence-corrected chi connectivity index (χ1v) is 5.97. The third kappa shape index (κ3) is 3.10. The molecule has 0 aliphatic carbocycles. The molecule has 2 aromatic carbocycles. The third-order valence-electron chi connectivity index (χ3n) is 2.87. The van der Waals surface area contributed by atoms with Crippen molar-refractivity contribution in [1.82, 2.24) is 0 Å². The lowest BCUT2D eigenvalue weighted by Crippen LogP contribution is -2.03. The summed E-state index contributed by atoms with van der Waals surface area (Å²) in [4.78, 5) is 10.4. The van der Waals surface area contributed by atoms with Crippen LogP contribution in [0.15, 0.2) is 42.5 Å². The van der Waals surface area contributed by atoms with Crippen molar-refractivity contribution < 1.29 is 14.4 Å². The molecule has 0 spiro atoms. The number of para-hydroxylation sites is 2. The van der Waals surface area contributed by atoms with Crippen LogP contribution in [0.3, 0.4) is 0 Å². The van der Waals surface area contributed by atoms with Crippen molar-refractivity contribution in [3.63, 3.8) is 0 Å². The van der Waals surface area contributed by atoms with Crippen molar-refractivity contribution in [3.8, 4) is 0 Å². The van der Waals surface area contributed by atoms with Gasteiger partial charge in [0.2, 0.25) is 0 Å². The zero-order valence-corrected chi connectivity index (χ0v) is 10.5. The van der Waals surface area contributed by atoms with Crippen LogP contribution in [0.4, 0.5) is 15.8 Å². The van der Waals surface area contributed by atoms with Gasteiger partial charge in [0.15, 0.2) is 0 Å². The molecule has 2 rings (SSSR count). The molecule has 0 radical (unpaired) electrons. The number of benzene rings is 2. The molecule has 0 aliphatic heterocycles. The lowest BCUT2D eigenvalue weighted by atomic mass is 10.1. The highest BCUT2D eigenvalue weighted by molar-refractivity contribution is 5.61. The minimum atomic E-state index is -0.491. The van der Waals surface area contributed by atoms with E-state index in [1.54, 1.807) is 24.3 Å². The van der Waals surface area contributed by atoms with Crippen LogP contribution in [-0.2, 0) is 13.2 Å². The van der Waals surface area contributed by atoms with Gasteiger partial charge in [-0.25, -0.2) is 4.39 Å². The van der Waals surface area contributed by atoms with Crippen LogP contribution in [0.25, 0.3) is 0 Å². The molecule has 0 bridgehead atoms. The Bertz CT molecular complexity index is 632. The van der Waals surface area contributed by atoms with Crippen LogP contribution >= 0.6 is 0 Å². The first-order valence-electron chi connectivity index (χ1n) is 5.97. The fourth-order valence-electron chi connectivity index (χ4n) is 1.81. The summed E-state index contributed by atoms with van der Waals surface area (Å²) in [6, 6.07) is 10.7. The summed E-state index contributed by atoms with van der Waals surface area (Å²) in [5.41, 5.74) is 1.21. The van der Waals surface area contributed by atoms with Crippen LogP contribution in [-0.4, -0.2) is 10.0 Å². The molecule has 104 valence electrons. The highest BCUT2D eigenvalue weighted by Gasteiger charge is 2.11. The van der Waals surface area contributed by atoms with E-state index in [9.17, 15) is 14.5 Å². The zero-order chi connectivity index (χ0) is 14.5. The number of hydrogen-bond acceptors (Lipinski definition) is 4. The number of rotatable bonds is 5. The smallest absolute Gasteiger partial charge is 0.292 e. The quantitative estimate of drug-likeness (QED) is 0.650. The van der Waals surface area contributed by atoms with E-state index in [0.717, 1.165) is 0 Å². The standard InChI is InChI=1S/C14H13FN2O3/c15-12-7-10(5-6-11(12)9-18)8-16-13-3-1-2-4-14(13)17(19)20/h1-7,16,18H,8-9H2. The van der Waals surface area contributed by atoms with Gasteiger partial charge in [0.05, 0.1) is 11.5 Å². The molecular formula is C14H13FN2O3. The molecule has 0 saturated heterocycles. The predicted molar refractivity (Wildman–Crippen MR) is 72.7 cm³/mol. The van der Waals surface area contributed by atoms with E-state index in [-0.39, 0.29) is 24.4 Å². The molecule has 2 aromatic rings. The molecule has 5 nitrogen and oxygen atoms in total. The number of aliphatic hydroxyl groups is 1. The lowest BCUT2D eigenvalue weighted by molar-refractivity contribution is -0.384. The number of anilines is 1. The lowest BCUT2D eigenvalue weighted by Gasteiger charge is -2.08. The molecular weight excluding hydrogens is 263 g/mol. The molecule has 0 unspecified atom stereocenters. The minimum absolute atomic E-state index is 0.0278. The number of hydrogen-bond donors (Lipinski definition) is 2. The van der Waals surface area contributed by atoms with Gasteiger partial charge in [-0.05, 0) is 17.7 Å². The summed E-state index contributed by atoms with van der Waals surface area (Å²) in [7, 11) is 0. The molecule has 6 heteroatoms. The topological polar surface area (TPSA) is 75.4 Å². The second-order valence-electron chi connectivity index (χ2n) is 4.21. The molecule has 0 amide bonds. The molecule has 0 atom stereocenters. The Balaban J connectivity index is 2.13. The number of halogens is 1. The van der Waals surface area contributed by atoms with E-state index in [1.165, 1.54) is 18.2 Å². The van der Waals surface area contributed by atoms with Crippen molar-refractivity contribution in [2.45, 2.75) is 13.2 Å². The second kappa shape index (κ2) is 6.12. The van der Waals surface area contributed by atoms with Gasteiger partial charge in [-0.15, -0.1) is 0 Å². The van der Waals surface area contributed by atoms with Crippen molar-refractivity contribution in [2.75, 3.05) is 5.32 Å². The highest BCUT2D eigenvalue weighted by atomic mass is 19.1. The normalized spacial score (nSPS) is 10.3. The van der Waals surface area contributed by atoms with Gasteiger partial charge in [-0.1, -0.05) is 24.3 Å². The van der Waals surface area contributed by atoms with Crippen molar-refractivity contribution in [1.29, 1.82) is 0 Å². The van der Waals surface area contributed by atoms with E-state index < -0.39 is 10.7 Å². The molecule has 0 aromatic heterocycles. The highest BCUT2D eigenvalue weighted by Crippen LogP contribution is 2.24. The van der Waals surface area contributed by atoms with Crippen molar-refractivity contribution >= 4 is 11.4 Å². The number of aliphatic hydroxyl groups excluding tert-OH is 1. The zero-order valence-electron chi connectivity index (χ0n) is 10.5. The van der Waals surface area contributed by atoms with Gasteiger partial charge in [0.25, 0.3) is 5.69 Å². The van der Waals surface area contributed by atoms with Crippen LogP contribution in [0.5, 0.6) is 0 Å². The maximum absolute atomic E-state index is 13.5. The van der Waals surface area contributed by atoms with E-state index >= 15 is 0 Å². The van der Waals surface area contributed by atoms with Gasteiger partial charge in [0.1, 0.15) is 11.5 Å². The van der Waals surface area contributed by atoms with Gasteiger partial charge >= 0.3 is 0 Å². The summed E-state index contributed by atoms with van der Waals surface area (Å²) in [6.45, 7) is -0.100. The number of nitro benzene ring substituents is 1. The van der Waals surface area contributed by atoms with Gasteiger partial charge in [-0.3, -0.25) is 10.1 Å². The molecule has 0 fully saturated rings. The molecule has 0 saturated carbocycles. The van der Waals surface area contributed by atoms with Gasteiger partial charge < -0.3 is 10.4 Å². The maximum Gasteiger partial charge on any atom is 0.292 e. The van der Waals surface area contributed by atoms with Crippen molar-refractivity contribution in [2.24, 2.45) is 0 Å². The molecule has 0 aliphatic rings. The second-order valence-corrected chi connectivity index (χ2v) is 4.21. The van der Waals surface area contributed by atoms with E-state index in [2.05, 4.69) is 5.32 Å². The summed E-state index contributed by atoms with van der Waals surface area (Å²) in [5, 5.41) is 22.6. The van der Waals surface area contributed by atoms with Crippen LogP contribution in [0, 0.1) is 15.9 Å². The first kappa shape index (κ1) is 14.0. The minimum Gasteiger partial charge on any atom is -0.392 e. The third-order valence-corrected chi connectivity index (χ3v) is 2.87. The van der Waals surface area contributed by atoms with E-state index in [4.69, 9.17) is 5.11 Å². The molecule has 0 heterocycles. The first-order chi connectivity index (χ1) is 9.61. The average Bonchev–Trinajstić information content (AvgIpc) is 2.45. The Hall–Kier alpha value is -2.47. The molecule has 2 N–H and O–H groups in total. The Morgan fingerprint density at radius 1 is 1.25 bits per heavy atom. The Labute approximate surface area is 114 Å². The monoisotopic (exact) mass is 276 g/mol. The van der Waals surface area contributed by atoms with Gasteiger partial charge in [0, 0.05) is 18.2 Å². The van der Waals surface area contributed by atoms with E-state index in [1.807, 2.05) is 0 Å². The fourth-order valence-corrected chi connectivity index (χ4v) is 1.81. The number of nitrogens with zero attached hydrogens (tertiary/aromatic N) is 1. The Morgan fingerprint density at radius 3 is 2.65 bits per heavy atom. The fraction of sp³-hybridized carbons (Fsp3) is 0.143. The number of nitro groups is 1. The summed E-state index contributed by atoms with van der Waals surface area (Å²) in [6.07, 6.45) is 0. The van der Waals surface area contributed by atoms with Gasteiger partial charge in [-0.2, -0.15) is 0 Å². The van der Waals surface area contributed by atoms with Crippen molar-refractivity contribution in [3.05, 3.63) is 69.5 Å². The SMILES string of the molecule is O=[N+]([O-])c1ccccc1NCc1ccc(CO)c(F)c1. The van der Waals surface area contributed by atoms with Crippen LogP contribution in [0.1, 0.15) is 11.1 Å². The summed E-state index contributed by atoms with van der Waals surface area (Å²) in [5.74, 6) is -0.491. The summed E-state index contributed by atoms with van der Waals surface area (Å²) < 4.78 is 13.5. The van der Waals surface area contributed by atoms with E-state index in [0.29, 0.717) is 11.3 Å². The molecule has 20 heavy (non-hydrogen) atoms.